The molecule has 2 aromatic rings. The minimum atomic E-state index is -0.0509. The van der Waals surface area contributed by atoms with Gasteiger partial charge in [0.1, 0.15) is 5.75 Å². The molecule has 116 valence electrons. The molecular weight excluding hydrogens is 321 g/mol. The van der Waals surface area contributed by atoms with Crippen LogP contribution in [0.15, 0.2) is 42.5 Å². The Kier molecular flexibility index (Phi) is 6.10. The smallest absolute Gasteiger partial charge is 0.224 e. The number of hydrogen-bond donors (Lipinski definition) is 1. The first-order chi connectivity index (χ1) is 10.5. The van der Waals surface area contributed by atoms with E-state index < -0.39 is 0 Å². The lowest BCUT2D eigenvalue weighted by Gasteiger charge is -2.09. The molecule has 1 N–H and O–H groups in total. The zero-order valence-electron chi connectivity index (χ0n) is 12.2. The molecule has 0 fully saturated rings. The van der Waals surface area contributed by atoms with Crippen LogP contribution in [-0.2, 0) is 4.79 Å². The first-order valence-electron chi connectivity index (χ1n) is 6.99. The predicted octanol–water partition coefficient (Wildman–Crippen LogP) is 5.10. The number of aryl methyl sites for hydroxylation is 1. The molecule has 0 aliphatic rings. The first kappa shape index (κ1) is 16.7. The third kappa shape index (κ3) is 5.24. The Hall–Kier alpha value is -1.71. The van der Waals surface area contributed by atoms with Crippen molar-refractivity contribution in [2.45, 2.75) is 19.8 Å². The predicted molar refractivity (Wildman–Crippen MR) is 91.0 cm³/mol. The monoisotopic (exact) mass is 337 g/mol. The van der Waals surface area contributed by atoms with Gasteiger partial charge in [-0.2, -0.15) is 0 Å². The van der Waals surface area contributed by atoms with E-state index >= 15 is 0 Å². The number of carbonyl (C=O) groups is 1. The second-order valence-electron chi connectivity index (χ2n) is 4.91. The Labute approximate surface area is 140 Å². The van der Waals surface area contributed by atoms with Crippen molar-refractivity contribution in [2.24, 2.45) is 0 Å². The van der Waals surface area contributed by atoms with Gasteiger partial charge in [0.15, 0.2) is 0 Å². The summed E-state index contributed by atoms with van der Waals surface area (Å²) in [6, 6.07) is 12.6. The number of hydrogen-bond acceptors (Lipinski definition) is 2. The fraction of sp³-hybridized carbons (Fsp3) is 0.235. The lowest BCUT2D eigenvalue weighted by Crippen LogP contribution is -2.13. The van der Waals surface area contributed by atoms with Crippen molar-refractivity contribution >= 4 is 34.8 Å². The average Bonchev–Trinajstić information content (AvgIpc) is 2.49. The van der Waals surface area contributed by atoms with E-state index in [2.05, 4.69) is 5.32 Å². The van der Waals surface area contributed by atoms with Crippen LogP contribution in [0.3, 0.4) is 0 Å². The number of rotatable bonds is 6. The van der Waals surface area contributed by atoms with Crippen LogP contribution in [0.1, 0.15) is 18.4 Å². The molecule has 5 heteroatoms. The van der Waals surface area contributed by atoms with E-state index in [9.17, 15) is 4.79 Å². The summed E-state index contributed by atoms with van der Waals surface area (Å²) in [6.07, 6.45) is 1.02. The van der Waals surface area contributed by atoms with Gasteiger partial charge in [-0.15, -0.1) is 0 Å². The van der Waals surface area contributed by atoms with Gasteiger partial charge in [0.25, 0.3) is 0 Å². The van der Waals surface area contributed by atoms with Gasteiger partial charge in [-0.05, 0) is 55.3 Å². The summed E-state index contributed by atoms with van der Waals surface area (Å²) in [7, 11) is 0. The van der Waals surface area contributed by atoms with Crippen molar-refractivity contribution in [3.8, 4) is 5.75 Å². The van der Waals surface area contributed by atoms with Gasteiger partial charge in [-0.1, -0.05) is 29.3 Å². The second-order valence-corrected chi connectivity index (χ2v) is 5.79. The van der Waals surface area contributed by atoms with Crippen LogP contribution in [0.4, 0.5) is 5.69 Å². The van der Waals surface area contributed by atoms with Crippen molar-refractivity contribution in [1.29, 1.82) is 0 Å². The highest BCUT2D eigenvalue weighted by atomic mass is 35.5. The molecule has 0 aromatic heterocycles. The van der Waals surface area contributed by atoms with Gasteiger partial charge in [-0.3, -0.25) is 4.79 Å². The number of ether oxygens (including phenoxy) is 1. The van der Waals surface area contributed by atoms with E-state index in [0.29, 0.717) is 29.5 Å². The molecule has 0 saturated carbocycles. The molecule has 0 heterocycles. The lowest BCUT2D eigenvalue weighted by molar-refractivity contribution is -0.116. The van der Waals surface area contributed by atoms with Crippen LogP contribution in [0.2, 0.25) is 10.0 Å². The Morgan fingerprint density at radius 2 is 1.77 bits per heavy atom. The molecule has 22 heavy (non-hydrogen) atoms. The number of amides is 1. The summed E-state index contributed by atoms with van der Waals surface area (Å²) in [6.45, 7) is 2.40. The van der Waals surface area contributed by atoms with E-state index in [1.165, 1.54) is 0 Å². The van der Waals surface area contributed by atoms with E-state index in [4.69, 9.17) is 27.9 Å². The SMILES string of the molecule is Cc1ccc(Cl)cc1NC(=O)CCCOc1ccc(Cl)cc1. The fourth-order valence-corrected chi connectivity index (χ4v) is 2.19. The van der Waals surface area contributed by atoms with Gasteiger partial charge in [0.2, 0.25) is 5.91 Å². The molecule has 0 aliphatic carbocycles. The Morgan fingerprint density at radius 3 is 2.50 bits per heavy atom. The van der Waals surface area contributed by atoms with Crippen LogP contribution in [0.5, 0.6) is 5.75 Å². The van der Waals surface area contributed by atoms with Gasteiger partial charge in [0, 0.05) is 22.2 Å². The maximum atomic E-state index is 11.9. The summed E-state index contributed by atoms with van der Waals surface area (Å²) in [4.78, 5) is 11.9. The molecule has 1 amide bonds. The standard InChI is InChI=1S/C17H17Cl2NO2/c1-12-4-5-14(19)11-16(12)20-17(21)3-2-10-22-15-8-6-13(18)7-9-15/h4-9,11H,2-3,10H2,1H3,(H,20,21). The maximum absolute atomic E-state index is 11.9. The van der Waals surface area contributed by atoms with Crippen molar-refractivity contribution in [3.05, 3.63) is 58.1 Å². The van der Waals surface area contributed by atoms with Crippen LogP contribution in [-0.4, -0.2) is 12.5 Å². The van der Waals surface area contributed by atoms with Crippen molar-refractivity contribution in [2.75, 3.05) is 11.9 Å². The van der Waals surface area contributed by atoms with E-state index in [0.717, 1.165) is 17.0 Å². The molecule has 2 rings (SSSR count). The first-order valence-corrected chi connectivity index (χ1v) is 7.74. The highest BCUT2D eigenvalue weighted by Crippen LogP contribution is 2.20. The van der Waals surface area contributed by atoms with Crippen LogP contribution in [0.25, 0.3) is 0 Å². The summed E-state index contributed by atoms with van der Waals surface area (Å²) in [5.74, 6) is 0.695. The van der Waals surface area contributed by atoms with Gasteiger partial charge in [-0.25, -0.2) is 0 Å². The number of anilines is 1. The third-order valence-electron chi connectivity index (χ3n) is 3.10. The molecule has 3 nitrogen and oxygen atoms in total. The van der Waals surface area contributed by atoms with Gasteiger partial charge in [0.05, 0.1) is 6.61 Å². The van der Waals surface area contributed by atoms with Gasteiger partial charge < -0.3 is 10.1 Å². The highest BCUT2D eigenvalue weighted by Gasteiger charge is 2.05. The lowest BCUT2D eigenvalue weighted by atomic mass is 10.2. The zero-order valence-corrected chi connectivity index (χ0v) is 13.7. The molecule has 0 saturated heterocycles. The largest absolute Gasteiger partial charge is 0.494 e. The summed E-state index contributed by atoms with van der Waals surface area (Å²) in [5.41, 5.74) is 1.73. The molecule has 2 aromatic carbocycles. The summed E-state index contributed by atoms with van der Waals surface area (Å²) in [5, 5.41) is 4.13. The molecule has 0 aliphatic heterocycles. The van der Waals surface area contributed by atoms with Crippen LogP contribution < -0.4 is 10.1 Å². The average molecular weight is 338 g/mol. The summed E-state index contributed by atoms with van der Waals surface area (Å²) >= 11 is 11.7. The quantitative estimate of drug-likeness (QED) is 0.744. The summed E-state index contributed by atoms with van der Waals surface area (Å²) < 4.78 is 5.54. The topological polar surface area (TPSA) is 38.3 Å². The minimum absolute atomic E-state index is 0.0509. The molecule has 0 bridgehead atoms. The van der Waals surface area contributed by atoms with E-state index in [-0.39, 0.29) is 5.91 Å². The normalized spacial score (nSPS) is 10.3. The molecule has 0 atom stereocenters. The van der Waals surface area contributed by atoms with Crippen LogP contribution in [0, 0.1) is 6.92 Å². The molecular formula is C17H17Cl2NO2. The highest BCUT2D eigenvalue weighted by molar-refractivity contribution is 6.31. The number of halogens is 2. The third-order valence-corrected chi connectivity index (χ3v) is 3.59. The molecule has 0 unspecified atom stereocenters. The van der Waals surface area contributed by atoms with Crippen molar-refractivity contribution < 1.29 is 9.53 Å². The Bertz CT molecular complexity index is 642. The molecule has 0 radical (unpaired) electrons. The second kappa shape index (κ2) is 8.06. The van der Waals surface area contributed by atoms with Crippen molar-refractivity contribution in [1.82, 2.24) is 0 Å². The van der Waals surface area contributed by atoms with Crippen molar-refractivity contribution in [3.63, 3.8) is 0 Å². The number of benzene rings is 2. The molecule has 0 spiro atoms. The number of nitrogens with one attached hydrogen (secondary N) is 1. The minimum Gasteiger partial charge on any atom is -0.494 e. The fourth-order valence-electron chi connectivity index (χ4n) is 1.90. The maximum Gasteiger partial charge on any atom is 0.224 e. The Balaban J connectivity index is 1.74. The van der Waals surface area contributed by atoms with E-state index in [1.54, 1.807) is 36.4 Å². The number of carbonyl (C=O) groups excluding carboxylic acids is 1. The van der Waals surface area contributed by atoms with Crippen LogP contribution >= 0.6 is 23.2 Å². The van der Waals surface area contributed by atoms with E-state index in [1.807, 2.05) is 13.0 Å². The van der Waals surface area contributed by atoms with Gasteiger partial charge >= 0.3 is 0 Å². The zero-order chi connectivity index (χ0) is 15.9. The Morgan fingerprint density at radius 1 is 1.09 bits per heavy atom.